The van der Waals surface area contributed by atoms with Crippen LogP contribution in [-0.2, 0) is 0 Å². The van der Waals surface area contributed by atoms with Crippen molar-refractivity contribution in [2.45, 2.75) is 6.92 Å². The number of hydrogen-bond acceptors (Lipinski definition) is 3. The number of nitrogens with one attached hydrogen (secondary N) is 1. The topological polar surface area (TPSA) is 51.3 Å². The third-order valence-corrected chi connectivity index (χ3v) is 3.40. The summed E-state index contributed by atoms with van der Waals surface area (Å²) in [5, 5.41) is 0.911. The first-order valence-corrected chi connectivity index (χ1v) is 7.23. The molecule has 2 aromatic carbocycles. The van der Waals surface area contributed by atoms with Crippen LogP contribution in [0.3, 0.4) is 0 Å². The summed E-state index contributed by atoms with van der Waals surface area (Å²) < 4.78 is 11.1. The van der Waals surface area contributed by atoms with Gasteiger partial charge in [-0.2, -0.15) is 0 Å². The Hall–Kier alpha value is -2.75. The number of aromatic amines is 1. The molecule has 0 atom stereocenters. The number of para-hydroxylation sites is 3. The Morgan fingerprint density at radius 2 is 1.68 bits per heavy atom. The average Bonchev–Trinajstić information content (AvgIpc) is 2.98. The highest BCUT2D eigenvalue weighted by Gasteiger charge is 2.13. The van der Waals surface area contributed by atoms with Gasteiger partial charge in [0.15, 0.2) is 18.1 Å². The molecule has 4 nitrogen and oxygen atoms in total. The first-order chi connectivity index (χ1) is 10.8. The van der Waals surface area contributed by atoms with E-state index in [4.69, 9.17) is 9.47 Å². The Kier molecular flexibility index (Phi) is 4.10. The standard InChI is InChI=1S/C18H17NO3/c1-2-21-17-9-5-6-10-18(17)22-12-16(20)14-11-19-15-8-4-3-7-13(14)15/h3-11,19H,2,12H2,1H3. The van der Waals surface area contributed by atoms with E-state index in [0.29, 0.717) is 23.7 Å². The lowest BCUT2D eigenvalue weighted by Gasteiger charge is -2.10. The summed E-state index contributed by atoms with van der Waals surface area (Å²) in [4.78, 5) is 15.5. The van der Waals surface area contributed by atoms with Crippen LogP contribution in [-0.4, -0.2) is 24.0 Å². The lowest BCUT2D eigenvalue weighted by atomic mass is 10.1. The first-order valence-electron chi connectivity index (χ1n) is 7.23. The van der Waals surface area contributed by atoms with E-state index in [2.05, 4.69) is 4.98 Å². The maximum Gasteiger partial charge on any atom is 0.202 e. The quantitative estimate of drug-likeness (QED) is 0.703. The molecule has 0 saturated carbocycles. The van der Waals surface area contributed by atoms with Crippen molar-refractivity contribution < 1.29 is 14.3 Å². The van der Waals surface area contributed by atoms with Crippen molar-refractivity contribution in [3.8, 4) is 11.5 Å². The fourth-order valence-electron chi connectivity index (χ4n) is 2.37. The Balaban J connectivity index is 1.75. The molecule has 0 aliphatic heterocycles. The number of H-pyrrole nitrogens is 1. The number of rotatable bonds is 6. The number of ether oxygens (including phenoxy) is 2. The van der Waals surface area contributed by atoms with Gasteiger partial charge in [-0.3, -0.25) is 4.79 Å². The van der Waals surface area contributed by atoms with Crippen molar-refractivity contribution in [2.75, 3.05) is 13.2 Å². The predicted molar refractivity (Wildman–Crippen MR) is 85.7 cm³/mol. The van der Waals surface area contributed by atoms with E-state index in [0.717, 1.165) is 10.9 Å². The third kappa shape index (κ3) is 2.81. The largest absolute Gasteiger partial charge is 0.490 e. The summed E-state index contributed by atoms with van der Waals surface area (Å²) in [6, 6.07) is 15.1. The molecular formula is C18H17NO3. The van der Waals surface area contributed by atoms with Crippen molar-refractivity contribution in [3.63, 3.8) is 0 Å². The molecule has 1 aromatic heterocycles. The Morgan fingerprint density at radius 1 is 1.00 bits per heavy atom. The number of aromatic nitrogens is 1. The molecule has 3 rings (SSSR count). The lowest BCUT2D eigenvalue weighted by molar-refractivity contribution is 0.0920. The van der Waals surface area contributed by atoms with Gasteiger partial charge in [-0.15, -0.1) is 0 Å². The molecule has 0 unspecified atom stereocenters. The fourth-order valence-corrected chi connectivity index (χ4v) is 2.37. The van der Waals surface area contributed by atoms with E-state index in [1.807, 2.05) is 49.4 Å². The van der Waals surface area contributed by atoms with Gasteiger partial charge in [-0.25, -0.2) is 0 Å². The second kappa shape index (κ2) is 6.35. The molecule has 1 N–H and O–H groups in total. The number of carbonyl (C=O) groups is 1. The molecule has 1 heterocycles. The second-order valence-corrected chi connectivity index (χ2v) is 4.84. The van der Waals surface area contributed by atoms with Crippen molar-refractivity contribution in [1.29, 1.82) is 0 Å². The molecule has 0 bridgehead atoms. The van der Waals surface area contributed by atoms with Crippen molar-refractivity contribution in [3.05, 3.63) is 60.3 Å². The van der Waals surface area contributed by atoms with Crippen LogP contribution in [0.5, 0.6) is 11.5 Å². The van der Waals surface area contributed by atoms with Crippen LogP contribution < -0.4 is 9.47 Å². The van der Waals surface area contributed by atoms with Crippen LogP contribution in [0.25, 0.3) is 10.9 Å². The zero-order chi connectivity index (χ0) is 15.4. The minimum atomic E-state index is -0.0660. The van der Waals surface area contributed by atoms with Crippen LogP contribution in [0.15, 0.2) is 54.7 Å². The highest BCUT2D eigenvalue weighted by atomic mass is 16.5. The van der Waals surface area contributed by atoms with Gasteiger partial charge in [0.05, 0.1) is 6.61 Å². The number of carbonyl (C=O) groups excluding carboxylic acids is 1. The second-order valence-electron chi connectivity index (χ2n) is 4.84. The Morgan fingerprint density at radius 3 is 2.45 bits per heavy atom. The Labute approximate surface area is 128 Å². The van der Waals surface area contributed by atoms with Crippen molar-refractivity contribution in [2.24, 2.45) is 0 Å². The summed E-state index contributed by atoms with van der Waals surface area (Å²) in [5.74, 6) is 1.16. The summed E-state index contributed by atoms with van der Waals surface area (Å²) in [5.41, 5.74) is 1.59. The van der Waals surface area contributed by atoms with Gasteiger partial charge in [-0.05, 0) is 25.1 Å². The molecule has 0 saturated heterocycles. The molecule has 0 aliphatic carbocycles. The maximum absolute atomic E-state index is 12.4. The summed E-state index contributed by atoms with van der Waals surface area (Å²) >= 11 is 0. The van der Waals surface area contributed by atoms with Gasteiger partial charge < -0.3 is 14.5 Å². The number of fused-ring (bicyclic) bond motifs is 1. The van der Waals surface area contributed by atoms with E-state index in [-0.39, 0.29) is 12.4 Å². The van der Waals surface area contributed by atoms with Crippen molar-refractivity contribution in [1.82, 2.24) is 4.98 Å². The number of hydrogen-bond donors (Lipinski definition) is 1. The molecule has 112 valence electrons. The van der Waals surface area contributed by atoms with E-state index in [9.17, 15) is 4.79 Å². The van der Waals surface area contributed by atoms with E-state index < -0.39 is 0 Å². The monoisotopic (exact) mass is 295 g/mol. The molecule has 0 aliphatic rings. The molecule has 3 aromatic rings. The number of Topliss-reactive ketones (excluding diaryl/α,β-unsaturated/α-hetero) is 1. The predicted octanol–water partition coefficient (Wildman–Crippen LogP) is 3.83. The van der Waals surface area contributed by atoms with Crippen molar-refractivity contribution >= 4 is 16.7 Å². The van der Waals surface area contributed by atoms with Crippen LogP contribution in [0.4, 0.5) is 0 Å². The molecule has 0 fully saturated rings. The number of ketones is 1. The van der Waals surface area contributed by atoms with E-state index in [1.54, 1.807) is 12.3 Å². The van der Waals surface area contributed by atoms with Crippen LogP contribution >= 0.6 is 0 Å². The van der Waals surface area contributed by atoms with E-state index >= 15 is 0 Å². The summed E-state index contributed by atoms with van der Waals surface area (Å²) in [6.45, 7) is 2.44. The van der Waals surface area contributed by atoms with Gasteiger partial charge in [0, 0.05) is 22.7 Å². The fraction of sp³-hybridized carbons (Fsp3) is 0.167. The minimum absolute atomic E-state index is 0.0219. The number of benzene rings is 2. The zero-order valence-electron chi connectivity index (χ0n) is 12.3. The molecule has 4 heteroatoms. The molecule has 0 amide bonds. The highest BCUT2D eigenvalue weighted by molar-refractivity contribution is 6.08. The van der Waals surface area contributed by atoms with Crippen LogP contribution in [0.1, 0.15) is 17.3 Å². The van der Waals surface area contributed by atoms with Gasteiger partial charge in [0.2, 0.25) is 5.78 Å². The Bertz CT molecular complexity index is 792. The highest BCUT2D eigenvalue weighted by Crippen LogP contribution is 2.27. The first kappa shape index (κ1) is 14.2. The maximum atomic E-state index is 12.4. The molecular weight excluding hydrogens is 278 g/mol. The average molecular weight is 295 g/mol. The molecule has 0 radical (unpaired) electrons. The smallest absolute Gasteiger partial charge is 0.202 e. The van der Waals surface area contributed by atoms with Crippen LogP contribution in [0.2, 0.25) is 0 Å². The van der Waals surface area contributed by atoms with Gasteiger partial charge >= 0.3 is 0 Å². The van der Waals surface area contributed by atoms with Gasteiger partial charge in [0.1, 0.15) is 0 Å². The van der Waals surface area contributed by atoms with E-state index in [1.165, 1.54) is 0 Å². The minimum Gasteiger partial charge on any atom is -0.490 e. The SMILES string of the molecule is CCOc1ccccc1OCC(=O)c1c[nH]c2ccccc12. The van der Waals surface area contributed by atoms with Gasteiger partial charge in [-0.1, -0.05) is 30.3 Å². The van der Waals surface area contributed by atoms with Gasteiger partial charge in [0.25, 0.3) is 0 Å². The third-order valence-electron chi connectivity index (χ3n) is 3.40. The molecule has 0 spiro atoms. The summed E-state index contributed by atoms with van der Waals surface area (Å²) in [6.07, 6.45) is 1.73. The lowest BCUT2D eigenvalue weighted by Crippen LogP contribution is -2.11. The van der Waals surface area contributed by atoms with Crippen LogP contribution in [0, 0.1) is 0 Å². The normalized spacial score (nSPS) is 10.6. The molecule has 22 heavy (non-hydrogen) atoms. The summed E-state index contributed by atoms with van der Waals surface area (Å²) in [7, 11) is 0. The zero-order valence-corrected chi connectivity index (χ0v) is 12.3.